The summed E-state index contributed by atoms with van der Waals surface area (Å²) in [5.74, 6) is 0.269. The van der Waals surface area contributed by atoms with E-state index in [4.69, 9.17) is 10.7 Å². The third kappa shape index (κ3) is 1.94. The molecule has 0 aromatic rings. The van der Waals surface area contributed by atoms with Crippen LogP contribution in [-0.4, -0.2) is 13.7 Å². The number of rotatable bonds is 3. The Hall–Kier alpha value is 0.240. The fourth-order valence-electron chi connectivity index (χ4n) is 1.82. The topological polar surface area (TPSA) is 34.1 Å². The molecule has 1 aliphatic rings. The van der Waals surface area contributed by atoms with Crippen molar-refractivity contribution in [1.82, 2.24) is 0 Å². The zero-order valence-corrected chi connectivity index (χ0v) is 9.24. The Morgan fingerprint density at radius 3 is 2.08 bits per heavy atom. The van der Waals surface area contributed by atoms with E-state index in [1.54, 1.807) is 0 Å². The van der Waals surface area contributed by atoms with Gasteiger partial charge in [-0.2, -0.15) is 0 Å². The summed E-state index contributed by atoms with van der Waals surface area (Å²) in [4.78, 5) is 0. The van der Waals surface area contributed by atoms with Crippen LogP contribution in [0.4, 0.5) is 0 Å². The van der Waals surface area contributed by atoms with Crippen molar-refractivity contribution in [2.24, 2.45) is 11.3 Å². The maximum atomic E-state index is 11.1. The third-order valence-corrected chi connectivity index (χ3v) is 4.87. The minimum Gasteiger partial charge on any atom is -0.212 e. The van der Waals surface area contributed by atoms with Crippen molar-refractivity contribution >= 4 is 19.7 Å². The molecule has 0 bridgehead atoms. The van der Waals surface area contributed by atoms with E-state index in [2.05, 4.69) is 13.8 Å². The van der Waals surface area contributed by atoms with Crippen LogP contribution in [0.3, 0.4) is 0 Å². The highest BCUT2D eigenvalue weighted by Crippen LogP contribution is 2.56. The first kappa shape index (κ1) is 10.3. The highest BCUT2D eigenvalue weighted by Gasteiger charge is 2.53. The molecule has 1 rings (SSSR count). The Bertz CT molecular complexity index is 269. The van der Waals surface area contributed by atoms with Gasteiger partial charge < -0.3 is 0 Å². The molecule has 2 nitrogen and oxygen atoms in total. The molecule has 0 spiro atoms. The molecule has 72 valence electrons. The molecule has 12 heavy (non-hydrogen) atoms. The first-order valence-electron chi connectivity index (χ1n) is 4.22. The second-order valence-corrected chi connectivity index (χ2v) is 7.07. The van der Waals surface area contributed by atoms with E-state index >= 15 is 0 Å². The minimum atomic E-state index is -3.35. The van der Waals surface area contributed by atoms with E-state index < -0.39 is 9.05 Å². The van der Waals surface area contributed by atoms with Gasteiger partial charge in [-0.15, -0.1) is 0 Å². The molecular weight excluding hydrogens is 196 g/mol. The fraction of sp³-hybridized carbons (Fsp3) is 1.00. The Morgan fingerprint density at radius 1 is 1.58 bits per heavy atom. The molecule has 0 amide bonds. The van der Waals surface area contributed by atoms with Crippen LogP contribution < -0.4 is 0 Å². The standard InChI is InChI=1S/C8H15ClO2S/c1-4-7(12(9,10)11)6-5-8(6,2)3/h6-7H,4-5H2,1-3H3. The van der Waals surface area contributed by atoms with Gasteiger partial charge >= 0.3 is 0 Å². The van der Waals surface area contributed by atoms with E-state index in [0.717, 1.165) is 6.42 Å². The van der Waals surface area contributed by atoms with Gasteiger partial charge in [-0.25, -0.2) is 8.42 Å². The summed E-state index contributed by atoms with van der Waals surface area (Å²) in [6.07, 6.45) is 1.61. The molecule has 1 fully saturated rings. The molecule has 2 unspecified atom stereocenters. The van der Waals surface area contributed by atoms with Gasteiger partial charge in [0.1, 0.15) is 0 Å². The van der Waals surface area contributed by atoms with Crippen molar-refractivity contribution in [3.8, 4) is 0 Å². The van der Waals surface area contributed by atoms with Crippen LogP contribution in [0.1, 0.15) is 33.6 Å². The molecule has 2 atom stereocenters. The van der Waals surface area contributed by atoms with Gasteiger partial charge in [0.05, 0.1) is 5.25 Å². The zero-order valence-electron chi connectivity index (χ0n) is 7.67. The fourth-order valence-corrected chi connectivity index (χ4v) is 3.83. The molecule has 0 heterocycles. The molecule has 0 aromatic carbocycles. The highest BCUT2D eigenvalue weighted by atomic mass is 35.7. The molecular formula is C8H15ClO2S. The smallest absolute Gasteiger partial charge is 0.212 e. The average Bonchev–Trinajstić information content (AvgIpc) is 2.38. The summed E-state index contributed by atoms with van der Waals surface area (Å²) < 4.78 is 22.2. The number of hydrogen-bond acceptors (Lipinski definition) is 2. The van der Waals surface area contributed by atoms with Crippen molar-refractivity contribution in [2.75, 3.05) is 0 Å². The average molecular weight is 211 g/mol. The molecule has 1 saturated carbocycles. The van der Waals surface area contributed by atoms with Crippen LogP contribution in [0.25, 0.3) is 0 Å². The van der Waals surface area contributed by atoms with Gasteiger partial charge in [0.25, 0.3) is 0 Å². The quantitative estimate of drug-likeness (QED) is 0.671. The van der Waals surface area contributed by atoms with Gasteiger partial charge in [-0.1, -0.05) is 20.8 Å². The minimum absolute atomic E-state index is 0.183. The van der Waals surface area contributed by atoms with Gasteiger partial charge in [0, 0.05) is 10.7 Å². The molecule has 0 N–H and O–H groups in total. The van der Waals surface area contributed by atoms with Crippen molar-refractivity contribution in [3.63, 3.8) is 0 Å². The second-order valence-electron chi connectivity index (χ2n) is 4.22. The first-order valence-corrected chi connectivity index (χ1v) is 6.60. The van der Waals surface area contributed by atoms with Crippen LogP contribution in [0.15, 0.2) is 0 Å². The van der Waals surface area contributed by atoms with E-state index in [-0.39, 0.29) is 16.6 Å². The molecule has 0 radical (unpaired) electrons. The Labute approximate surface area is 78.7 Å². The van der Waals surface area contributed by atoms with Crippen molar-refractivity contribution in [1.29, 1.82) is 0 Å². The van der Waals surface area contributed by atoms with E-state index in [1.807, 2.05) is 6.92 Å². The van der Waals surface area contributed by atoms with Crippen LogP contribution >= 0.6 is 10.7 Å². The normalized spacial score (nSPS) is 29.8. The predicted molar refractivity (Wildman–Crippen MR) is 50.7 cm³/mol. The number of hydrogen-bond donors (Lipinski definition) is 0. The lowest BCUT2D eigenvalue weighted by Gasteiger charge is -2.12. The summed E-state index contributed by atoms with van der Waals surface area (Å²) in [5, 5.41) is -0.339. The molecule has 1 aliphatic carbocycles. The zero-order chi connectivity index (χ0) is 9.57. The molecule has 0 aliphatic heterocycles. The number of halogens is 1. The van der Waals surface area contributed by atoms with Crippen LogP contribution in [0.5, 0.6) is 0 Å². The highest BCUT2D eigenvalue weighted by molar-refractivity contribution is 8.14. The van der Waals surface area contributed by atoms with E-state index in [1.165, 1.54) is 0 Å². The van der Waals surface area contributed by atoms with Crippen LogP contribution in [-0.2, 0) is 9.05 Å². The maximum Gasteiger partial charge on any atom is 0.235 e. The lowest BCUT2D eigenvalue weighted by molar-refractivity contribution is 0.511. The van der Waals surface area contributed by atoms with Crippen LogP contribution in [0.2, 0.25) is 0 Å². The predicted octanol–water partition coefficient (Wildman–Crippen LogP) is 2.38. The van der Waals surface area contributed by atoms with Crippen LogP contribution in [0, 0.1) is 11.3 Å². The summed E-state index contributed by atoms with van der Waals surface area (Å²) in [6, 6.07) is 0. The van der Waals surface area contributed by atoms with Gasteiger partial charge in [0.15, 0.2) is 0 Å². The van der Waals surface area contributed by atoms with Crippen molar-refractivity contribution < 1.29 is 8.42 Å². The molecule has 0 aromatic heterocycles. The second kappa shape index (κ2) is 2.88. The van der Waals surface area contributed by atoms with E-state index in [9.17, 15) is 8.42 Å². The van der Waals surface area contributed by atoms with E-state index in [0.29, 0.717) is 6.42 Å². The summed E-state index contributed by atoms with van der Waals surface area (Å²) in [7, 11) is 1.98. The summed E-state index contributed by atoms with van der Waals surface area (Å²) in [6.45, 7) is 6.05. The Kier molecular flexibility index (Phi) is 2.47. The van der Waals surface area contributed by atoms with Gasteiger partial charge in [-0.3, -0.25) is 0 Å². The first-order chi connectivity index (χ1) is 5.29. The Morgan fingerprint density at radius 2 is 2.00 bits per heavy atom. The summed E-state index contributed by atoms with van der Waals surface area (Å²) in [5.41, 5.74) is 0.183. The molecule has 4 heteroatoms. The largest absolute Gasteiger partial charge is 0.235 e. The van der Waals surface area contributed by atoms with Gasteiger partial charge in [-0.05, 0) is 24.2 Å². The SMILES string of the molecule is CCC(C1CC1(C)C)S(=O)(=O)Cl. The lowest BCUT2D eigenvalue weighted by atomic mass is 10.1. The lowest BCUT2D eigenvalue weighted by Crippen LogP contribution is -2.20. The van der Waals surface area contributed by atoms with Crippen molar-refractivity contribution in [2.45, 2.75) is 38.9 Å². The maximum absolute atomic E-state index is 11.1. The van der Waals surface area contributed by atoms with Crippen molar-refractivity contribution in [3.05, 3.63) is 0 Å². The third-order valence-electron chi connectivity index (χ3n) is 2.80. The Balaban J connectivity index is 2.74. The monoisotopic (exact) mass is 210 g/mol. The summed E-state index contributed by atoms with van der Waals surface area (Å²) >= 11 is 0. The molecule has 0 saturated heterocycles. The van der Waals surface area contributed by atoms with Gasteiger partial charge in [0.2, 0.25) is 9.05 Å².